The summed E-state index contributed by atoms with van der Waals surface area (Å²) in [7, 11) is 0. The number of aryl methyl sites for hydroxylation is 2. The zero-order valence-corrected chi connectivity index (χ0v) is 12.3. The minimum Gasteiger partial charge on any atom is -0.508 e. The van der Waals surface area contributed by atoms with E-state index < -0.39 is 4.92 Å². The van der Waals surface area contributed by atoms with Gasteiger partial charge in [-0.1, -0.05) is 17.7 Å². The first-order chi connectivity index (χ1) is 9.88. The number of hydrogen-bond acceptors (Lipinski definition) is 4. The van der Waals surface area contributed by atoms with E-state index in [1.807, 2.05) is 26.0 Å². The first kappa shape index (κ1) is 14.8. The minimum atomic E-state index is -0.394. The van der Waals surface area contributed by atoms with E-state index in [1.54, 1.807) is 25.1 Å². The predicted octanol–water partition coefficient (Wildman–Crippen LogP) is 4.09. The summed E-state index contributed by atoms with van der Waals surface area (Å²) in [4.78, 5) is 10.4. The van der Waals surface area contributed by atoms with Gasteiger partial charge in [0.2, 0.25) is 0 Å². The van der Waals surface area contributed by atoms with Crippen molar-refractivity contribution in [3.63, 3.8) is 0 Å². The molecule has 0 radical (unpaired) electrons. The molecule has 0 aliphatic rings. The Hall–Kier alpha value is -2.56. The molecular weight excluding hydrogens is 268 g/mol. The van der Waals surface area contributed by atoms with Crippen LogP contribution in [0.4, 0.5) is 11.4 Å². The van der Waals surface area contributed by atoms with E-state index >= 15 is 0 Å². The average Bonchev–Trinajstić information content (AvgIpc) is 2.41. The predicted molar refractivity (Wildman–Crippen MR) is 82.7 cm³/mol. The van der Waals surface area contributed by atoms with Crippen LogP contribution in [-0.4, -0.2) is 10.0 Å². The molecular formula is C16H18N2O3. The topological polar surface area (TPSA) is 75.4 Å². The Morgan fingerprint density at radius 3 is 2.52 bits per heavy atom. The summed E-state index contributed by atoms with van der Waals surface area (Å²) < 4.78 is 0. The summed E-state index contributed by atoms with van der Waals surface area (Å²) in [6, 6.07) is 10.2. The number of nitrogens with zero attached hydrogens (tertiary/aromatic N) is 1. The van der Waals surface area contributed by atoms with Gasteiger partial charge in [-0.2, -0.15) is 0 Å². The van der Waals surface area contributed by atoms with E-state index in [-0.39, 0.29) is 17.5 Å². The number of aromatic hydroxyl groups is 1. The lowest BCUT2D eigenvalue weighted by molar-refractivity contribution is -0.385. The third-order valence-electron chi connectivity index (χ3n) is 3.43. The highest BCUT2D eigenvalue weighted by molar-refractivity contribution is 5.55. The minimum absolute atomic E-state index is 0.103. The van der Waals surface area contributed by atoms with Crippen LogP contribution in [0.2, 0.25) is 0 Å². The molecule has 0 amide bonds. The molecule has 110 valence electrons. The molecule has 0 saturated carbocycles. The van der Waals surface area contributed by atoms with Crippen LogP contribution in [0.15, 0.2) is 36.4 Å². The third-order valence-corrected chi connectivity index (χ3v) is 3.43. The van der Waals surface area contributed by atoms with Crippen LogP contribution in [0.5, 0.6) is 5.75 Å². The van der Waals surface area contributed by atoms with Crippen molar-refractivity contribution in [1.29, 1.82) is 0 Å². The van der Waals surface area contributed by atoms with Crippen molar-refractivity contribution in [2.24, 2.45) is 0 Å². The molecule has 1 atom stereocenters. The van der Waals surface area contributed by atoms with Gasteiger partial charge >= 0.3 is 0 Å². The lowest BCUT2D eigenvalue weighted by Gasteiger charge is -2.18. The molecule has 5 heteroatoms. The standard InChI is InChI=1S/C16H18N2O3/c1-10-4-7-16(19)14(8-10)12(3)17-13-5-6-15(18(20)21)11(2)9-13/h4-9,12,17,19H,1-3H3. The Kier molecular flexibility index (Phi) is 4.12. The van der Waals surface area contributed by atoms with Crippen molar-refractivity contribution < 1.29 is 10.0 Å². The van der Waals surface area contributed by atoms with Gasteiger partial charge in [-0.15, -0.1) is 0 Å². The third kappa shape index (κ3) is 3.31. The van der Waals surface area contributed by atoms with E-state index in [2.05, 4.69) is 5.32 Å². The Balaban J connectivity index is 2.23. The van der Waals surface area contributed by atoms with Crippen LogP contribution in [0, 0.1) is 24.0 Å². The summed E-state index contributed by atoms with van der Waals surface area (Å²) in [5.74, 6) is 0.235. The van der Waals surface area contributed by atoms with E-state index in [0.717, 1.165) is 16.8 Å². The zero-order valence-electron chi connectivity index (χ0n) is 12.3. The molecule has 0 aliphatic carbocycles. The Labute approximate surface area is 123 Å². The van der Waals surface area contributed by atoms with Crippen molar-refractivity contribution >= 4 is 11.4 Å². The first-order valence-electron chi connectivity index (χ1n) is 6.69. The molecule has 0 fully saturated rings. The molecule has 0 heterocycles. The number of nitro groups is 1. The van der Waals surface area contributed by atoms with E-state index in [4.69, 9.17) is 0 Å². The summed E-state index contributed by atoms with van der Waals surface area (Å²) in [5.41, 5.74) is 3.35. The number of hydrogen-bond donors (Lipinski definition) is 2. The number of phenols is 1. The molecule has 2 rings (SSSR count). The zero-order chi connectivity index (χ0) is 15.6. The number of benzene rings is 2. The monoisotopic (exact) mass is 286 g/mol. The van der Waals surface area contributed by atoms with Gasteiger partial charge in [-0.25, -0.2) is 0 Å². The molecule has 1 unspecified atom stereocenters. The first-order valence-corrected chi connectivity index (χ1v) is 6.69. The Morgan fingerprint density at radius 2 is 1.90 bits per heavy atom. The van der Waals surface area contributed by atoms with Crippen LogP contribution in [0.3, 0.4) is 0 Å². The highest BCUT2D eigenvalue weighted by Gasteiger charge is 2.13. The van der Waals surface area contributed by atoms with Gasteiger partial charge in [0.1, 0.15) is 5.75 Å². The SMILES string of the molecule is Cc1ccc(O)c(C(C)Nc2ccc([N+](=O)[O-])c(C)c2)c1. The van der Waals surface area contributed by atoms with Gasteiger partial charge < -0.3 is 10.4 Å². The van der Waals surface area contributed by atoms with Crippen LogP contribution >= 0.6 is 0 Å². The number of anilines is 1. The Morgan fingerprint density at radius 1 is 1.19 bits per heavy atom. The summed E-state index contributed by atoms with van der Waals surface area (Å²) >= 11 is 0. The highest BCUT2D eigenvalue weighted by Crippen LogP contribution is 2.29. The molecule has 2 aromatic carbocycles. The summed E-state index contributed by atoms with van der Waals surface area (Å²) in [6.07, 6.45) is 0. The second-order valence-electron chi connectivity index (χ2n) is 5.19. The molecule has 5 nitrogen and oxygen atoms in total. The van der Waals surface area contributed by atoms with Gasteiger partial charge in [0, 0.05) is 22.9 Å². The van der Waals surface area contributed by atoms with Gasteiger partial charge in [0.05, 0.1) is 11.0 Å². The maximum Gasteiger partial charge on any atom is 0.272 e. The van der Waals surface area contributed by atoms with Gasteiger partial charge in [0.15, 0.2) is 0 Å². The summed E-state index contributed by atoms with van der Waals surface area (Å²) in [6.45, 7) is 5.61. The van der Waals surface area contributed by atoms with Crippen LogP contribution in [-0.2, 0) is 0 Å². The van der Waals surface area contributed by atoms with Crippen molar-refractivity contribution in [3.8, 4) is 5.75 Å². The summed E-state index contributed by atoms with van der Waals surface area (Å²) in [5, 5.41) is 24.0. The van der Waals surface area contributed by atoms with Crippen LogP contribution < -0.4 is 5.32 Å². The molecule has 0 aromatic heterocycles. The fourth-order valence-electron chi connectivity index (χ4n) is 2.30. The highest BCUT2D eigenvalue weighted by atomic mass is 16.6. The Bertz CT molecular complexity index is 683. The second-order valence-corrected chi connectivity index (χ2v) is 5.19. The molecule has 2 aromatic rings. The van der Waals surface area contributed by atoms with Crippen LogP contribution in [0.1, 0.15) is 29.7 Å². The van der Waals surface area contributed by atoms with Gasteiger partial charge in [-0.05, 0) is 39.0 Å². The average molecular weight is 286 g/mol. The van der Waals surface area contributed by atoms with E-state index in [0.29, 0.717) is 5.56 Å². The maximum atomic E-state index is 10.8. The molecule has 0 bridgehead atoms. The van der Waals surface area contributed by atoms with Crippen molar-refractivity contribution in [3.05, 3.63) is 63.2 Å². The maximum absolute atomic E-state index is 10.8. The lowest BCUT2D eigenvalue weighted by atomic mass is 10.0. The number of rotatable bonds is 4. The molecule has 21 heavy (non-hydrogen) atoms. The number of phenolic OH excluding ortho intramolecular Hbond substituents is 1. The van der Waals surface area contributed by atoms with E-state index in [9.17, 15) is 15.2 Å². The molecule has 0 aliphatic heterocycles. The second kappa shape index (κ2) is 5.83. The van der Waals surface area contributed by atoms with Gasteiger partial charge in [-0.3, -0.25) is 10.1 Å². The van der Waals surface area contributed by atoms with Gasteiger partial charge in [0.25, 0.3) is 5.69 Å². The fourth-order valence-corrected chi connectivity index (χ4v) is 2.30. The van der Waals surface area contributed by atoms with Crippen molar-refractivity contribution in [1.82, 2.24) is 0 Å². The molecule has 2 N–H and O–H groups in total. The van der Waals surface area contributed by atoms with Crippen molar-refractivity contribution in [2.75, 3.05) is 5.32 Å². The number of nitrogens with one attached hydrogen (secondary N) is 1. The van der Waals surface area contributed by atoms with Crippen LogP contribution in [0.25, 0.3) is 0 Å². The number of nitro benzene ring substituents is 1. The van der Waals surface area contributed by atoms with Crippen molar-refractivity contribution in [2.45, 2.75) is 26.8 Å². The smallest absolute Gasteiger partial charge is 0.272 e. The molecule has 0 spiro atoms. The molecule has 0 saturated heterocycles. The lowest BCUT2D eigenvalue weighted by Crippen LogP contribution is -2.07. The normalized spacial score (nSPS) is 12.0. The van der Waals surface area contributed by atoms with E-state index in [1.165, 1.54) is 6.07 Å². The quantitative estimate of drug-likeness (QED) is 0.655. The fraction of sp³-hybridized carbons (Fsp3) is 0.250. The largest absolute Gasteiger partial charge is 0.508 e.